The summed E-state index contributed by atoms with van der Waals surface area (Å²) in [6.07, 6.45) is 0. The van der Waals surface area contributed by atoms with E-state index in [0.29, 0.717) is 46.3 Å². The number of fused-ring (bicyclic) bond motifs is 2. The summed E-state index contributed by atoms with van der Waals surface area (Å²) < 4.78 is 12.8. The van der Waals surface area contributed by atoms with Crippen molar-refractivity contribution in [1.82, 2.24) is 9.55 Å². The molecule has 1 unspecified atom stereocenters. The van der Waals surface area contributed by atoms with E-state index in [-0.39, 0.29) is 23.1 Å². The van der Waals surface area contributed by atoms with Gasteiger partial charge >= 0.3 is 0 Å². The zero-order valence-corrected chi connectivity index (χ0v) is 18.9. The van der Waals surface area contributed by atoms with Crippen LogP contribution in [0, 0.1) is 0 Å². The van der Waals surface area contributed by atoms with Crippen LogP contribution in [0.1, 0.15) is 28.9 Å². The van der Waals surface area contributed by atoms with Crippen molar-refractivity contribution < 1.29 is 14.3 Å². The fraction of sp³-hybridized carbons (Fsp3) is 0.192. The number of hydrogen-bond donors (Lipinski definition) is 0. The van der Waals surface area contributed by atoms with Gasteiger partial charge in [0, 0.05) is 5.56 Å². The molecule has 1 aliphatic heterocycles. The first-order valence-corrected chi connectivity index (χ1v) is 11.7. The summed E-state index contributed by atoms with van der Waals surface area (Å²) in [5.74, 6) is 1.30. The molecule has 2 heterocycles. The van der Waals surface area contributed by atoms with Crippen molar-refractivity contribution in [2.45, 2.75) is 18.1 Å². The number of nitrogens with zero attached hydrogens (tertiary/aromatic N) is 2. The third kappa shape index (κ3) is 4.24. The average Bonchev–Trinajstić information content (AvgIpc) is 2.87. The molecule has 1 atom stereocenters. The van der Waals surface area contributed by atoms with Crippen molar-refractivity contribution in [3.05, 3.63) is 94.3 Å². The quantitative estimate of drug-likeness (QED) is 0.236. The molecular weight excluding hydrogens is 436 g/mol. The molecule has 3 aromatic carbocycles. The lowest BCUT2D eigenvalue weighted by molar-refractivity contribution is 0.102. The number of rotatable bonds is 6. The van der Waals surface area contributed by atoms with Crippen LogP contribution in [0.3, 0.4) is 0 Å². The van der Waals surface area contributed by atoms with Crippen LogP contribution in [0.2, 0.25) is 0 Å². The Hall–Kier alpha value is -3.58. The summed E-state index contributed by atoms with van der Waals surface area (Å²) in [4.78, 5) is 31.2. The zero-order valence-electron chi connectivity index (χ0n) is 18.1. The molecule has 0 N–H and O–H groups in total. The van der Waals surface area contributed by atoms with Crippen LogP contribution in [-0.4, -0.2) is 34.3 Å². The van der Waals surface area contributed by atoms with E-state index in [4.69, 9.17) is 14.5 Å². The molecule has 0 aliphatic carbocycles. The molecule has 0 amide bonds. The molecular formula is C26H22N2O4S. The number of Topliss-reactive ketones (excluding diaryl/α,β-unsaturated/α-hetero) is 1. The third-order valence-corrected chi connectivity index (χ3v) is 6.59. The minimum absolute atomic E-state index is 0.0710. The largest absolute Gasteiger partial charge is 0.486 e. The molecule has 6 nitrogen and oxygen atoms in total. The minimum atomic E-state index is -0.234. The van der Waals surface area contributed by atoms with Gasteiger partial charge in [0.15, 0.2) is 22.4 Å². The van der Waals surface area contributed by atoms with Crippen LogP contribution in [0.5, 0.6) is 11.5 Å². The van der Waals surface area contributed by atoms with Crippen molar-refractivity contribution in [1.29, 1.82) is 0 Å². The predicted octanol–water partition coefficient (Wildman–Crippen LogP) is 4.75. The SMILES string of the molecule is CC(c1ccccc1)n1c(SCC(=O)c2ccc3c(c2)OCCO3)nc2ccccc2c1=O. The Morgan fingerprint density at radius 1 is 1.00 bits per heavy atom. The van der Waals surface area contributed by atoms with Crippen LogP contribution in [0.4, 0.5) is 0 Å². The van der Waals surface area contributed by atoms with Gasteiger partial charge in [0.2, 0.25) is 0 Å². The first-order chi connectivity index (χ1) is 16.1. The molecule has 0 radical (unpaired) electrons. The van der Waals surface area contributed by atoms with E-state index in [1.54, 1.807) is 28.8 Å². The highest BCUT2D eigenvalue weighted by Crippen LogP contribution is 2.32. The Kier molecular flexibility index (Phi) is 5.88. The minimum Gasteiger partial charge on any atom is -0.486 e. The molecule has 0 spiro atoms. The van der Waals surface area contributed by atoms with E-state index < -0.39 is 0 Å². The number of ether oxygens (including phenoxy) is 2. The zero-order chi connectivity index (χ0) is 22.8. The first-order valence-electron chi connectivity index (χ1n) is 10.7. The molecule has 0 fully saturated rings. The average molecular weight is 459 g/mol. The molecule has 166 valence electrons. The standard InChI is InChI=1S/C26H22N2O4S/c1-17(18-7-3-2-4-8-18)28-25(30)20-9-5-6-10-21(20)27-26(28)33-16-22(29)19-11-12-23-24(15-19)32-14-13-31-23/h2-12,15,17H,13-14,16H2,1H3. The van der Waals surface area contributed by atoms with Crippen LogP contribution in [0.25, 0.3) is 10.9 Å². The molecule has 33 heavy (non-hydrogen) atoms. The van der Waals surface area contributed by atoms with Gasteiger partial charge in [0.05, 0.1) is 22.7 Å². The number of benzene rings is 3. The topological polar surface area (TPSA) is 70.4 Å². The maximum absolute atomic E-state index is 13.4. The van der Waals surface area contributed by atoms with Crippen molar-refractivity contribution in [3.8, 4) is 11.5 Å². The van der Waals surface area contributed by atoms with Crippen molar-refractivity contribution in [2.75, 3.05) is 19.0 Å². The molecule has 1 aromatic heterocycles. The number of carbonyl (C=O) groups is 1. The molecule has 4 aromatic rings. The third-order valence-electron chi connectivity index (χ3n) is 5.64. The molecule has 0 saturated carbocycles. The predicted molar refractivity (Wildman–Crippen MR) is 129 cm³/mol. The van der Waals surface area contributed by atoms with Crippen LogP contribution in [0.15, 0.2) is 82.7 Å². The Morgan fingerprint density at radius 2 is 1.73 bits per heavy atom. The number of thioether (sulfide) groups is 1. The van der Waals surface area contributed by atoms with Crippen molar-refractivity contribution in [2.24, 2.45) is 0 Å². The number of carbonyl (C=O) groups excluding carboxylic acids is 1. The van der Waals surface area contributed by atoms with Gasteiger partial charge < -0.3 is 9.47 Å². The van der Waals surface area contributed by atoms with E-state index in [0.717, 1.165) is 5.56 Å². The Bertz CT molecular complexity index is 1380. The number of para-hydroxylation sites is 1. The Labute approximate surface area is 195 Å². The van der Waals surface area contributed by atoms with Crippen molar-refractivity contribution >= 4 is 28.4 Å². The molecule has 0 saturated heterocycles. The lowest BCUT2D eigenvalue weighted by Crippen LogP contribution is -2.27. The highest BCUT2D eigenvalue weighted by Gasteiger charge is 2.20. The lowest BCUT2D eigenvalue weighted by Gasteiger charge is -2.20. The summed E-state index contributed by atoms with van der Waals surface area (Å²) >= 11 is 1.27. The summed E-state index contributed by atoms with van der Waals surface area (Å²) in [7, 11) is 0. The Balaban J connectivity index is 1.48. The normalized spacial score (nSPS) is 13.6. The van der Waals surface area contributed by atoms with Gasteiger partial charge in [-0.2, -0.15) is 0 Å². The van der Waals surface area contributed by atoms with Gasteiger partial charge in [-0.15, -0.1) is 0 Å². The second-order valence-electron chi connectivity index (χ2n) is 7.74. The smallest absolute Gasteiger partial charge is 0.262 e. The van der Waals surface area contributed by atoms with Gasteiger partial charge in [0.1, 0.15) is 13.2 Å². The van der Waals surface area contributed by atoms with Crippen LogP contribution < -0.4 is 15.0 Å². The molecule has 7 heteroatoms. The summed E-state index contributed by atoms with van der Waals surface area (Å²) in [5.41, 5.74) is 2.04. The summed E-state index contributed by atoms with van der Waals surface area (Å²) in [5, 5.41) is 1.07. The fourth-order valence-electron chi connectivity index (χ4n) is 3.88. The Morgan fingerprint density at radius 3 is 2.55 bits per heavy atom. The maximum Gasteiger partial charge on any atom is 0.262 e. The second kappa shape index (κ2) is 9.11. The first kappa shape index (κ1) is 21.3. The van der Waals surface area contributed by atoms with E-state index in [1.165, 1.54) is 11.8 Å². The van der Waals surface area contributed by atoms with Gasteiger partial charge in [-0.05, 0) is 42.8 Å². The van der Waals surface area contributed by atoms with E-state index in [2.05, 4.69) is 0 Å². The van der Waals surface area contributed by atoms with Crippen LogP contribution in [-0.2, 0) is 0 Å². The summed E-state index contributed by atoms with van der Waals surface area (Å²) in [6.45, 7) is 2.94. The molecule has 0 bridgehead atoms. The lowest BCUT2D eigenvalue weighted by atomic mass is 10.1. The van der Waals surface area contributed by atoms with E-state index >= 15 is 0 Å². The highest BCUT2D eigenvalue weighted by atomic mass is 32.2. The maximum atomic E-state index is 13.4. The van der Waals surface area contributed by atoms with Gasteiger partial charge in [-0.1, -0.05) is 54.2 Å². The van der Waals surface area contributed by atoms with Gasteiger partial charge in [-0.3, -0.25) is 14.2 Å². The summed E-state index contributed by atoms with van der Waals surface area (Å²) in [6, 6.07) is 22.1. The number of ketones is 1. The van der Waals surface area contributed by atoms with E-state index in [1.807, 2.05) is 55.5 Å². The van der Waals surface area contributed by atoms with E-state index in [9.17, 15) is 9.59 Å². The van der Waals surface area contributed by atoms with Gasteiger partial charge in [-0.25, -0.2) is 4.98 Å². The molecule has 5 rings (SSSR count). The van der Waals surface area contributed by atoms with Gasteiger partial charge in [0.25, 0.3) is 5.56 Å². The number of aromatic nitrogens is 2. The number of hydrogen-bond acceptors (Lipinski definition) is 6. The highest BCUT2D eigenvalue weighted by molar-refractivity contribution is 7.99. The fourth-order valence-corrected chi connectivity index (χ4v) is 4.85. The second-order valence-corrected chi connectivity index (χ2v) is 8.69. The molecule has 1 aliphatic rings. The van der Waals surface area contributed by atoms with Crippen LogP contribution >= 0.6 is 11.8 Å². The monoisotopic (exact) mass is 458 g/mol. The van der Waals surface area contributed by atoms with Crippen molar-refractivity contribution in [3.63, 3.8) is 0 Å².